The smallest absolute Gasteiger partial charge is 0.242 e. The number of nitrogens with one attached hydrogen (secondary N) is 1. The first-order valence-electron chi connectivity index (χ1n) is 8.49. The van der Waals surface area contributed by atoms with Gasteiger partial charge in [0.15, 0.2) is 0 Å². The van der Waals surface area contributed by atoms with Crippen LogP contribution in [-0.4, -0.2) is 18.4 Å². The second kappa shape index (κ2) is 5.88. The van der Waals surface area contributed by atoms with Crippen molar-refractivity contribution in [2.75, 3.05) is 16.8 Å². The Kier molecular flexibility index (Phi) is 3.80. The second-order valence-electron chi connectivity index (χ2n) is 6.83. The van der Waals surface area contributed by atoms with Crippen LogP contribution < -0.4 is 10.2 Å². The van der Waals surface area contributed by atoms with Crippen LogP contribution in [0.15, 0.2) is 42.5 Å². The van der Waals surface area contributed by atoms with E-state index in [4.69, 9.17) is 11.6 Å². The molecule has 0 unspecified atom stereocenters. The van der Waals surface area contributed by atoms with Crippen molar-refractivity contribution < 1.29 is 9.59 Å². The first-order valence-corrected chi connectivity index (χ1v) is 8.86. The van der Waals surface area contributed by atoms with Gasteiger partial charge in [-0.1, -0.05) is 35.9 Å². The molecule has 2 amide bonds. The van der Waals surface area contributed by atoms with Crippen LogP contribution in [0.2, 0.25) is 5.02 Å². The summed E-state index contributed by atoms with van der Waals surface area (Å²) in [5.41, 5.74) is 2.75. The molecule has 1 fully saturated rings. The van der Waals surface area contributed by atoms with Gasteiger partial charge < -0.3 is 10.2 Å². The molecule has 1 saturated carbocycles. The van der Waals surface area contributed by atoms with Gasteiger partial charge in [0.25, 0.3) is 0 Å². The van der Waals surface area contributed by atoms with E-state index in [1.54, 1.807) is 17.0 Å². The summed E-state index contributed by atoms with van der Waals surface area (Å²) in [7, 11) is 0. The number of fused-ring (bicyclic) bond motifs is 1. The number of anilines is 2. The Bertz CT molecular complexity index is 874. The zero-order valence-electron chi connectivity index (χ0n) is 14.0. The van der Waals surface area contributed by atoms with Gasteiger partial charge in [0.2, 0.25) is 11.8 Å². The number of amides is 2. The number of nitrogens with zero attached hydrogens (tertiary/aromatic N) is 1. The van der Waals surface area contributed by atoms with E-state index < -0.39 is 5.41 Å². The van der Waals surface area contributed by atoms with Gasteiger partial charge in [-0.15, -0.1) is 0 Å². The molecule has 128 valence electrons. The molecular formula is C20H19ClN2O2. The minimum atomic E-state index is -0.938. The van der Waals surface area contributed by atoms with Crippen molar-refractivity contribution in [1.82, 2.24) is 0 Å². The molecule has 0 atom stereocenters. The van der Waals surface area contributed by atoms with Crippen LogP contribution in [0.1, 0.15) is 24.0 Å². The van der Waals surface area contributed by atoms with Gasteiger partial charge in [-0.05, 0) is 55.5 Å². The van der Waals surface area contributed by atoms with Crippen molar-refractivity contribution in [2.24, 2.45) is 5.41 Å². The highest BCUT2D eigenvalue weighted by Crippen LogP contribution is 2.49. The fraction of sp³-hybridized carbons (Fsp3) is 0.300. The van der Waals surface area contributed by atoms with Crippen molar-refractivity contribution >= 4 is 34.8 Å². The van der Waals surface area contributed by atoms with Gasteiger partial charge >= 0.3 is 0 Å². The molecular weight excluding hydrogens is 336 g/mol. The number of carbonyl (C=O) groups excluding carboxylic acids is 2. The number of hydrogen-bond donors (Lipinski definition) is 1. The zero-order valence-corrected chi connectivity index (χ0v) is 14.8. The summed E-state index contributed by atoms with van der Waals surface area (Å²) >= 11 is 6.03. The van der Waals surface area contributed by atoms with E-state index >= 15 is 0 Å². The molecule has 4 nitrogen and oxygen atoms in total. The normalized spacial score (nSPS) is 17.1. The predicted molar refractivity (Wildman–Crippen MR) is 99.0 cm³/mol. The van der Waals surface area contributed by atoms with E-state index in [2.05, 4.69) is 5.32 Å². The van der Waals surface area contributed by atoms with Crippen molar-refractivity contribution in [3.8, 4) is 0 Å². The SMILES string of the molecule is Cc1ccc(Cl)cc1NC(=O)C1(C(=O)N2CCc3ccccc32)CC1. The third-order valence-electron chi connectivity index (χ3n) is 5.17. The standard InChI is InChI=1S/C20H19ClN2O2/c1-13-6-7-15(21)12-16(13)22-18(24)20(9-10-20)19(25)23-11-8-14-4-2-3-5-17(14)23/h2-7,12H,8-11H2,1H3,(H,22,24). The van der Waals surface area contributed by atoms with E-state index in [0.717, 1.165) is 23.2 Å². The molecule has 0 aromatic heterocycles. The summed E-state index contributed by atoms with van der Waals surface area (Å²) in [4.78, 5) is 27.8. The summed E-state index contributed by atoms with van der Waals surface area (Å²) in [5.74, 6) is -0.318. The Balaban J connectivity index is 1.57. The Morgan fingerprint density at radius 2 is 1.92 bits per heavy atom. The molecule has 1 N–H and O–H groups in total. The highest BCUT2D eigenvalue weighted by molar-refractivity contribution is 6.31. The van der Waals surface area contributed by atoms with Crippen molar-refractivity contribution in [3.63, 3.8) is 0 Å². The van der Waals surface area contributed by atoms with E-state index in [-0.39, 0.29) is 11.8 Å². The van der Waals surface area contributed by atoms with Crippen LogP contribution >= 0.6 is 11.6 Å². The van der Waals surface area contributed by atoms with Crippen LogP contribution in [0.5, 0.6) is 0 Å². The highest BCUT2D eigenvalue weighted by atomic mass is 35.5. The minimum Gasteiger partial charge on any atom is -0.325 e. The molecule has 25 heavy (non-hydrogen) atoms. The third-order valence-corrected chi connectivity index (χ3v) is 5.41. The molecule has 5 heteroatoms. The lowest BCUT2D eigenvalue weighted by Crippen LogP contribution is -2.42. The molecule has 2 aliphatic rings. The first kappa shape index (κ1) is 16.2. The van der Waals surface area contributed by atoms with Gasteiger partial charge in [0, 0.05) is 22.9 Å². The van der Waals surface area contributed by atoms with E-state index in [1.807, 2.05) is 37.3 Å². The Morgan fingerprint density at radius 1 is 1.16 bits per heavy atom. The lowest BCUT2D eigenvalue weighted by molar-refractivity contribution is -0.132. The molecule has 0 radical (unpaired) electrons. The second-order valence-corrected chi connectivity index (χ2v) is 7.27. The molecule has 1 aliphatic heterocycles. The number of aryl methyl sites for hydroxylation is 1. The van der Waals surface area contributed by atoms with Gasteiger partial charge in [-0.2, -0.15) is 0 Å². The number of hydrogen-bond acceptors (Lipinski definition) is 2. The zero-order chi connectivity index (χ0) is 17.6. The molecule has 1 heterocycles. The summed E-state index contributed by atoms with van der Waals surface area (Å²) in [6.07, 6.45) is 2.03. The number of para-hydroxylation sites is 1. The number of benzene rings is 2. The maximum Gasteiger partial charge on any atom is 0.242 e. The third kappa shape index (κ3) is 2.71. The molecule has 0 spiro atoms. The molecule has 2 aromatic rings. The molecule has 0 saturated heterocycles. The lowest BCUT2D eigenvalue weighted by atomic mass is 10.0. The number of halogens is 1. The van der Waals surface area contributed by atoms with Gasteiger partial charge in [0.1, 0.15) is 5.41 Å². The molecule has 0 bridgehead atoms. The average molecular weight is 355 g/mol. The lowest BCUT2D eigenvalue weighted by Gasteiger charge is -2.23. The minimum absolute atomic E-state index is 0.0883. The largest absolute Gasteiger partial charge is 0.325 e. The summed E-state index contributed by atoms with van der Waals surface area (Å²) < 4.78 is 0. The first-order chi connectivity index (χ1) is 12.0. The predicted octanol–water partition coefficient (Wildman–Crippen LogP) is 3.96. The molecule has 1 aliphatic carbocycles. The van der Waals surface area contributed by atoms with Crippen molar-refractivity contribution in [3.05, 3.63) is 58.6 Å². The fourth-order valence-electron chi connectivity index (χ4n) is 3.44. The maximum absolute atomic E-state index is 13.1. The van der Waals surface area contributed by atoms with Crippen LogP contribution in [0.25, 0.3) is 0 Å². The Labute approximate surface area is 151 Å². The van der Waals surface area contributed by atoms with Gasteiger partial charge in [0.05, 0.1) is 0 Å². The maximum atomic E-state index is 13.1. The topological polar surface area (TPSA) is 49.4 Å². The Hall–Kier alpha value is -2.33. The van der Waals surface area contributed by atoms with Crippen LogP contribution in [0.3, 0.4) is 0 Å². The summed E-state index contributed by atoms with van der Waals surface area (Å²) in [6, 6.07) is 13.3. The number of carbonyl (C=O) groups is 2. The van der Waals surface area contributed by atoms with Crippen LogP contribution in [0, 0.1) is 12.3 Å². The van der Waals surface area contributed by atoms with E-state index in [9.17, 15) is 9.59 Å². The monoisotopic (exact) mass is 354 g/mol. The van der Waals surface area contributed by atoms with Gasteiger partial charge in [-0.3, -0.25) is 9.59 Å². The van der Waals surface area contributed by atoms with Crippen LogP contribution in [0.4, 0.5) is 11.4 Å². The van der Waals surface area contributed by atoms with Crippen LogP contribution in [-0.2, 0) is 16.0 Å². The fourth-order valence-corrected chi connectivity index (χ4v) is 3.61. The molecule has 2 aromatic carbocycles. The molecule has 4 rings (SSSR count). The Morgan fingerprint density at radius 3 is 2.68 bits per heavy atom. The summed E-state index contributed by atoms with van der Waals surface area (Å²) in [5, 5.41) is 3.47. The van der Waals surface area contributed by atoms with Gasteiger partial charge in [-0.25, -0.2) is 0 Å². The quantitative estimate of drug-likeness (QED) is 0.848. The van der Waals surface area contributed by atoms with Crippen molar-refractivity contribution in [1.29, 1.82) is 0 Å². The van der Waals surface area contributed by atoms with E-state index in [0.29, 0.717) is 30.1 Å². The van der Waals surface area contributed by atoms with Crippen molar-refractivity contribution in [2.45, 2.75) is 26.2 Å². The average Bonchev–Trinajstić information content (AvgIpc) is 3.31. The van der Waals surface area contributed by atoms with E-state index in [1.165, 1.54) is 0 Å². The number of rotatable bonds is 3. The summed E-state index contributed by atoms with van der Waals surface area (Å²) in [6.45, 7) is 2.55. The highest BCUT2D eigenvalue weighted by Gasteiger charge is 2.58.